The van der Waals surface area contributed by atoms with Gasteiger partial charge in [-0.25, -0.2) is 8.78 Å². The van der Waals surface area contributed by atoms with E-state index in [4.69, 9.17) is 16.3 Å². The minimum absolute atomic E-state index is 0.00585. The van der Waals surface area contributed by atoms with Crippen molar-refractivity contribution in [3.63, 3.8) is 0 Å². The van der Waals surface area contributed by atoms with E-state index < -0.39 is 17.5 Å². The summed E-state index contributed by atoms with van der Waals surface area (Å²) in [7, 11) is 0. The maximum atomic E-state index is 13.3. The van der Waals surface area contributed by atoms with Crippen molar-refractivity contribution in [2.45, 2.75) is 0 Å². The summed E-state index contributed by atoms with van der Waals surface area (Å²) in [5.41, 5.74) is 0.164. The molecule has 0 aliphatic heterocycles. The first-order chi connectivity index (χ1) is 11.1. The maximum absolute atomic E-state index is 13.3. The lowest BCUT2D eigenvalue weighted by molar-refractivity contribution is 0.0959. The number of hydrogen-bond acceptors (Lipinski definition) is 2. The minimum atomic E-state index is -0.517. The van der Waals surface area contributed by atoms with Gasteiger partial charge in [0.15, 0.2) is 11.6 Å². The van der Waals surface area contributed by atoms with E-state index in [0.29, 0.717) is 0 Å². The molecule has 6 heteroatoms. The van der Waals surface area contributed by atoms with Gasteiger partial charge in [0.05, 0.1) is 17.1 Å². The molecule has 0 fully saturated rings. The molecule has 0 bridgehead atoms. The average Bonchev–Trinajstić information content (AvgIpc) is 2.52. The van der Waals surface area contributed by atoms with E-state index >= 15 is 0 Å². The number of rotatable bonds is 4. The number of para-hydroxylation sites is 1. The summed E-state index contributed by atoms with van der Waals surface area (Å²) in [6.45, 7) is 0.0568. The molecule has 0 unspecified atom stereocenters. The summed E-state index contributed by atoms with van der Waals surface area (Å²) in [5, 5.41) is 2.55. The van der Waals surface area contributed by atoms with E-state index in [-0.39, 0.29) is 29.5 Å². The fourth-order valence-corrected chi connectivity index (χ4v) is 1.94. The number of ether oxygens (including phenoxy) is 1. The highest BCUT2D eigenvalue weighted by atomic mass is 35.5. The highest BCUT2D eigenvalue weighted by molar-refractivity contribution is 6.33. The Labute approximate surface area is 137 Å². The first-order valence-corrected chi connectivity index (χ1v) is 7.02. The third-order valence-corrected chi connectivity index (χ3v) is 3.09. The van der Waals surface area contributed by atoms with Crippen molar-refractivity contribution in [3.05, 3.63) is 64.7 Å². The number of halogens is 3. The number of amides is 1. The van der Waals surface area contributed by atoms with E-state index in [1.165, 1.54) is 18.2 Å². The molecule has 1 amide bonds. The second-order valence-electron chi connectivity index (χ2n) is 4.38. The van der Waals surface area contributed by atoms with Crippen molar-refractivity contribution in [1.82, 2.24) is 5.32 Å². The number of carbonyl (C=O) groups excluding carboxylic acids is 1. The van der Waals surface area contributed by atoms with Crippen LogP contribution in [-0.2, 0) is 0 Å². The van der Waals surface area contributed by atoms with E-state index in [9.17, 15) is 13.6 Å². The summed E-state index contributed by atoms with van der Waals surface area (Å²) >= 11 is 5.78. The third-order valence-electron chi connectivity index (χ3n) is 2.77. The number of benzene rings is 2. The first kappa shape index (κ1) is 16.8. The van der Waals surface area contributed by atoms with Crippen LogP contribution in [0.1, 0.15) is 10.4 Å². The van der Waals surface area contributed by atoms with Crippen LogP contribution in [-0.4, -0.2) is 19.1 Å². The molecule has 0 saturated carbocycles. The largest absolute Gasteiger partial charge is 0.478 e. The Hall–Kier alpha value is -2.58. The predicted octanol–water partition coefficient (Wildman–Crippen LogP) is 3.43. The highest BCUT2D eigenvalue weighted by Gasteiger charge is 2.09. The molecule has 0 heterocycles. The van der Waals surface area contributed by atoms with E-state index in [0.717, 1.165) is 12.1 Å². The fourth-order valence-electron chi connectivity index (χ4n) is 1.68. The lowest BCUT2D eigenvalue weighted by Gasteiger charge is -2.04. The van der Waals surface area contributed by atoms with Crippen molar-refractivity contribution in [1.29, 1.82) is 0 Å². The number of nitrogens with one attached hydrogen (secondary N) is 1. The van der Waals surface area contributed by atoms with Gasteiger partial charge in [0.25, 0.3) is 5.91 Å². The molecule has 3 nitrogen and oxygen atoms in total. The van der Waals surface area contributed by atoms with Gasteiger partial charge in [0.1, 0.15) is 12.4 Å². The van der Waals surface area contributed by atoms with Crippen LogP contribution in [0.15, 0.2) is 42.5 Å². The summed E-state index contributed by atoms with van der Waals surface area (Å²) in [6.07, 6.45) is 0. The quantitative estimate of drug-likeness (QED) is 0.869. The molecule has 1 N–H and O–H groups in total. The minimum Gasteiger partial charge on any atom is -0.478 e. The van der Waals surface area contributed by atoms with Gasteiger partial charge in [0, 0.05) is 0 Å². The average molecular weight is 336 g/mol. The third kappa shape index (κ3) is 4.97. The first-order valence-electron chi connectivity index (χ1n) is 6.64. The predicted molar refractivity (Wildman–Crippen MR) is 83.4 cm³/mol. The number of carbonyl (C=O) groups is 1. The zero-order valence-electron chi connectivity index (χ0n) is 11.9. The summed E-state index contributed by atoms with van der Waals surface area (Å²) in [6, 6.07) is 9.49. The van der Waals surface area contributed by atoms with Gasteiger partial charge in [0.2, 0.25) is 0 Å². The van der Waals surface area contributed by atoms with Crippen molar-refractivity contribution in [2.24, 2.45) is 0 Å². The Morgan fingerprint density at radius 2 is 1.96 bits per heavy atom. The molecule has 2 rings (SSSR count). The van der Waals surface area contributed by atoms with Gasteiger partial charge in [-0.2, -0.15) is 0 Å². The van der Waals surface area contributed by atoms with Crippen LogP contribution >= 0.6 is 11.6 Å². The van der Waals surface area contributed by atoms with Gasteiger partial charge in [-0.15, -0.1) is 0 Å². The standard InChI is InChI=1S/C17H12ClF2NO2/c18-14-11-12(19)7-8-13(14)17(22)21-9-3-4-10-23-16-6-2-1-5-15(16)20/h1-2,5-8,11H,9-10H2,(H,21,22). The summed E-state index contributed by atoms with van der Waals surface area (Å²) in [5.74, 6) is 3.98. The van der Waals surface area contributed by atoms with Crippen LogP contribution in [0.5, 0.6) is 5.75 Å². The van der Waals surface area contributed by atoms with Crippen LogP contribution < -0.4 is 10.1 Å². The Morgan fingerprint density at radius 1 is 1.17 bits per heavy atom. The second kappa shape index (κ2) is 8.16. The Bertz CT molecular complexity index is 769. The second-order valence-corrected chi connectivity index (χ2v) is 4.79. The summed E-state index contributed by atoms with van der Waals surface area (Å²) in [4.78, 5) is 11.8. The maximum Gasteiger partial charge on any atom is 0.253 e. The van der Waals surface area contributed by atoms with E-state index in [1.54, 1.807) is 12.1 Å². The highest BCUT2D eigenvalue weighted by Crippen LogP contribution is 2.17. The summed E-state index contributed by atoms with van der Waals surface area (Å²) < 4.78 is 31.3. The monoisotopic (exact) mass is 335 g/mol. The van der Waals surface area contributed by atoms with Crippen LogP contribution in [0, 0.1) is 23.5 Å². The van der Waals surface area contributed by atoms with Gasteiger partial charge in [-0.3, -0.25) is 4.79 Å². The van der Waals surface area contributed by atoms with Crippen molar-refractivity contribution >= 4 is 17.5 Å². The van der Waals surface area contributed by atoms with Gasteiger partial charge < -0.3 is 10.1 Å². The number of hydrogen-bond donors (Lipinski definition) is 1. The molecule has 0 saturated heterocycles. The zero-order valence-corrected chi connectivity index (χ0v) is 12.7. The lowest BCUT2D eigenvalue weighted by Crippen LogP contribution is -2.24. The smallest absolute Gasteiger partial charge is 0.253 e. The Kier molecular flexibility index (Phi) is 5.95. The molecule has 0 spiro atoms. The molecule has 0 aromatic heterocycles. The molecule has 23 heavy (non-hydrogen) atoms. The van der Waals surface area contributed by atoms with Crippen molar-refractivity contribution in [2.75, 3.05) is 13.2 Å². The van der Waals surface area contributed by atoms with Crippen LogP contribution in [0.3, 0.4) is 0 Å². The Morgan fingerprint density at radius 3 is 2.70 bits per heavy atom. The van der Waals surface area contributed by atoms with Gasteiger partial charge in [-0.05, 0) is 30.3 Å². The van der Waals surface area contributed by atoms with E-state index in [2.05, 4.69) is 17.2 Å². The van der Waals surface area contributed by atoms with E-state index in [1.807, 2.05) is 0 Å². The molecule has 118 valence electrons. The molecule has 0 aliphatic rings. The molecule has 2 aromatic rings. The van der Waals surface area contributed by atoms with Crippen LogP contribution in [0.4, 0.5) is 8.78 Å². The van der Waals surface area contributed by atoms with Gasteiger partial charge >= 0.3 is 0 Å². The van der Waals surface area contributed by atoms with Crippen molar-refractivity contribution < 1.29 is 18.3 Å². The molecule has 0 aliphatic carbocycles. The van der Waals surface area contributed by atoms with Gasteiger partial charge in [-0.1, -0.05) is 35.6 Å². The van der Waals surface area contributed by atoms with Crippen molar-refractivity contribution in [3.8, 4) is 17.6 Å². The molecular weight excluding hydrogens is 324 g/mol. The molecule has 2 aromatic carbocycles. The topological polar surface area (TPSA) is 38.3 Å². The SMILES string of the molecule is O=C(NCC#CCOc1ccccc1F)c1ccc(F)cc1Cl. The van der Waals surface area contributed by atoms with Crippen LogP contribution in [0.25, 0.3) is 0 Å². The molecule has 0 atom stereocenters. The van der Waals surface area contributed by atoms with Crippen LogP contribution in [0.2, 0.25) is 5.02 Å². The normalized spacial score (nSPS) is 9.70. The molecule has 0 radical (unpaired) electrons. The Balaban J connectivity index is 1.79. The molecular formula is C17H12ClF2NO2. The lowest BCUT2D eigenvalue weighted by atomic mass is 10.2. The fraction of sp³-hybridized carbons (Fsp3) is 0.118. The zero-order chi connectivity index (χ0) is 16.7.